The Labute approximate surface area is 93.8 Å². The van der Waals surface area contributed by atoms with Gasteiger partial charge in [-0.05, 0) is 37.8 Å². The second-order valence-corrected chi connectivity index (χ2v) is 5.96. The number of nitrogens with one attached hydrogen (secondary N) is 1. The first kappa shape index (κ1) is 12.7. The molecule has 0 amide bonds. The van der Waals surface area contributed by atoms with Crippen molar-refractivity contribution in [1.82, 2.24) is 5.32 Å². The summed E-state index contributed by atoms with van der Waals surface area (Å²) in [6, 6.07) is 0. The van der Waals surface area contributed by atoms with E-state index in [2.05, 4.69) is 12.2 Å². The van der Waals surface area contributed by atoms with Crippen LogP contribution in [0, 0.1) is 17.3 Å². The highest BCUT2D eigenvalue weighted by molar-refractivity contribution is 5.83. The van der Waals surface area contributed by atoms with Crippen molar-refractivity contribution in [1.29, 1.82) is 0 Å². The summed E-state index contributed by atoms with van der Waals surface area (Å²) in [5.74, 6) is 1.63. The largest absolute Gasteiger partial charge is 0.316 e. The van der Waals surface area contributed by atoms with Crippen LogP contribution in [-0.4, -0.2) is 18.9 Å². The van der Waals surface area contributed by atoms with Crippen molar-refractivity contribution in [3.05, 3.63) is 0 Å². The van der Waals surface area contributed by atoms with Crippen molar-refractivity contribution in [2.24, 2.45) is 17.3 Å². The van der Waals surface area contributed by atoms with E-state index >= 15 is 0 Å². The molecule has 1 heterocycles. The van der Waals surface area contributed by atoms with Crippen LogP contribution in [-0.2, 0) is 4.79 Å². The Morgan fingerprint density at radius 2 is 2.13 bits per heavy atom. The lowest BCUT2D eigenvalue weighted by Crippen LogP contribution is -2.35. The van der Waals surface area contributed by atoms with Crippen molar-refractivity contribution in [2.75, 3.05) is 13.1 Å². The van der Waals surface area contributed by atoms with Crippen molar-refractivity contribution in [2.45, 2.75) is 47.0 Å². The highest BCUT2D eigenvalue weighted by Gasteiger charge is 2.27. The van der Waals surface area contributed by atoms with Gasteiger partial charge in [-0.25, -0.2) is 0 Å². The topological polar surface area (TPSA) is 29.1 Å². The average Bonchev–Trinajstić information content (AvgIpc) is 2.17. The van der Waals surface area contributed by atoms with Crippen LogP contribution in [0.25, 0.3) is 0 Å². The van der Waals surface area contributed by atoms with Gasteiger partial charge in [0.1, 0.15) is 5.78 Å². The summed E-state index contributed by atoms with van der Waals surface area (Å²) < 4.78 is 0. The molecule has 0 spiro atoms. The molecule has 0 aromatic rings. The lowest BCUT2D eigenvalue weighted by atomic mass is 9.79. The van der Waals surface area contributed by atoms with Gasteiger partial charge in [-0.15, -0.1) is 0 Å². The summed E-state index contributed by atoms with van der Waals surface area (Å²) in [6.45, 7) is 10.5. The number of ketones is 1. The molecule has 2 atom stereocenters. The fraction of sp³-hybridized carbons (Fsp3) is 0.923. The van der Waals surface area contributed by atoms with Gasteiger partial charge in [-0.3, -0.25) is 4.79 Å². The summed E-state index contributed by atoms with van der Waals surface area (Å²) in [7, 11) is 0. The molecule has 0 aromatic carbocycles. The second kappa shape index (κ2) is 5.11. The summed E-state index contributed by atoms with van der Waals surface area (Å²) in [4.78, 5) is 11.9. The molecule has 88 valence electrons. The second-order valence-electron chi connectivity index (χ2n) is 5.96. The fourth-order valence-electron chi connectivity index (χ4n) is 2.13. The van der Waals surface area contributed by atoms with Crippen molar-refractivity contribution in [3.63, 3.8) is 0 Å². The van der Waals surface area contributed by atoms with E-state index in [4.69, 9.17) is 0 Å². The van der Waals surface area contributed by atoms with E-state index in [1.54, 1.807) is 0 Å². The fourth-order valence-corrected chi connectivity index (χ4v) is 2.13. The predicted molar refractivity (Wildman–Crippen MR) is 63.8 cm³/mol. The Bertz CT molecular complexity index is 211. The first-order valence-corrected chi connectivity index (χ1v) is 6.15. The van der Waals surface area contributed by atoms with Gasteiger partial charge >= 0.3 is 0 Å². The van der Waals surface area contributed by atoms with Crippen molar-refractivity contribution < 1.29 is 4.79 Å². The smallest absolute Gasteiger partial charge is 0.138 e. The highest BCUT2D eigenvalue weighted by atomic mass is 16.1. The summed E-state index contributed by atoms with van der Waals surface area (Å²) in [6.07, 6.45) is 3.29. The van der Waals surface area contributed by atoms with Crippen LogP contribution in [0.1, 0.15) is 47.0 Å². The number of carbonyl (C=O) groups excluding carboxylic acids is 1. The molecule has 1 N–H and O–H groups in total. The van der Waals surface area contributed by atoms with E-state index in [-0.39, 0.29) is 5.41 Å². The molecule has 1 fully saturated rings. The minimum atomic E-state index is -0.170. The Balaban J connectivity index is 2.40. The molecule has 1 aliphatic rings. The number of carbonyl (C=O) groups is 1. The Morgan fingerprint density at radius 3 is 2.60 bits per heavy atom. The zero-order chi connectivity index (χ0) is 11.5. The molecule has 2 nitrogen and oxygen atoms in total. The molecule has 0 radical (unpaired) electrons. The SMILES string of the molecule is CC(CC(=O)C(C)(C)C)C1CCCNC1. The highest BCUT2D eigenvalue weighted by Crippen LogP contribution is 2.26. The van der Waals surface area contributed by atoms with Gasteiger partial charge in [-0.1, -0.05) is 27.7 Å². The van der Waals surface area contributed by atoms with Crippen LogP contribution in [0.2, 0.25) is 0 Å². The van der Waals surface area contributed by atoms with Crippen molar-refractivity contribution in [3.8, 4) is 0 Å². The zero-order valence-electron chi connectivity index (χ0n) is 10.6. The van der Waals surface area contributed by atoms with Crippen LogP contribution < -0.4 is 5.32 Å². The Kier molecular flexibility index (Phi) is 4.32. The van der Waals surface area contributed by atoms with E-state index in [9.17, 15) is 4.79 Å². The summed E-state index contributed by atoms with van der Waals surface area (Å²) >= 11 is 0. The zero-order valence-corrected chi connectivity index (χ0v) is 10.6. The molecule has 0 bridgehead atoms. The predicted octanol–water partition coefficient (Wildman–Crippen LogP) is 2.63. The maximum atomic E-state index is 11.9. The third-order valence-electron chi connectivity index (χ3n) is 3.48. The van der Waals surface area contributed by atoms with E-state index in [0.717, 1.165) is 19.5 Å². The molecular formula is C13H25NO. The summed E-state index contributed by atoms with van der Waals surface area (Å²) in [5, 5.41) is 3.42. The average molecular weight is 211 g/mol. The first-order chi connectivity index (χ1) is 6.91. The van der Waals surface area contributed by atoms with E-state index in [1.165, 1.54) is 12.8 Å². The van der Waals surface area contributed by atoms with Crippen LogP contribution in [0.3, 0.4) is 0 Å². The summed E-state index contributed by atoms with van der Waals surface area (Å²) in [5.41, 5.74) is -0.170. The first-order valence-electron chi connectivity index (χ1n) is 6.15. The van der Waals surface area contributed by atoms with E-state index in [1.807, 2.05) is 20.8 Å². The van der Waals surface area contributed by atoms with Gasteiger partial charge in [-0.2, -0.15) is 0 Å². The van der Waals surface area contributed by atoms with Gasteiger partial charge in [0.15, 0.2) is 0 Å². The van der Waals surface area contributed by atoms with E-state index < -0.39 is 0 Å². The third-order valence-corrected chi connectivity index (χ3v) is 3.48. The van der Waals surface area contributed by atoms with Crippen LogP contribution in [0.5, 0.6) is 0 Å². The molecule has 2 heteroatoms. The van der Waals surface area contributed by atoms with Gasteiger partial charge in [0.05, 0.1) is 0 Å². The molecule has 0 aliphatic carbocycles. The standard InChI is InChI=1S/C13H25NO/c1-10(8-12(15)13(2,3)4)11-6-5-7-14-9-11/h10-11,14H,5-9H2,1-4H3. The Hall–Kier alpha value is -0.370. The van der Waals surface area contributed by atoms with Gasteiger partial charge in [0.2, 0.25) is 0 Å². The molecule has 2 unspecified atom stereocenters. The van der Waals surface area contributed by atoms with Crippen LogP contribution in [0.15, 0.2) is 0 Å². The monoisotopic (exact) mass is 211 g/mol. The van der Waals surface area contributed by atoms with Gasteiger partial charge in [0, 0.05) is 11.8 Å². The van der Waals surface area contributed by atoms with Gasteiger partial charge in [0.25, 0.3) is 0 Å². The molecule has 0 saturated carbocycles. The van der Waals surface area contributed by atoms with Crippen LogP contribution in [0.4, 0.5) is 0 Å². The minimum absolute atomic E-state index is 0.170. The number of piperidine rings is 1. The van der Waals surface area contributed by atoms with Crippen LogP contribution >= 0.6 is 0 Å². The number of Topliss-reactive ketones (excluding diaryl/α,β-unsaturated/α-hetero) is 1. The molecule has 15 heavy (non-hydrogen) atoms. The Morgan fingerprint density at radius 1 is 1.47 bits per heavy atom. The van der Waals surface area contributed by atoms with Gasteiger partial charge < -0.3 is 5.32 Å². The lowest BCUT2D eigenvalue weighted by Gasteiger charge is -2.29. The maximum absolute atomic E-state index is 11.9. The third kappa shape index (κ3) is 3.94. The number of hydrogen-bond acceptors (Lipinski definition) is 2. The molecule has 1 aliphatic heterocycles. The lowest BCUT2D eigenvalue weighted by molar-refractivity contribution is -0.127. The maximum Gasteiger partial charge on any atom is 0.138 e. The molecular weight excluding hydrogens is 186 g/mol. The van der Waals surface area contributed by atoms with Crippen molar-refractivity contribution >= 4 is 5.78 Å². The quantitative estimate of drug-likeness (QED) is 0.777. The number of hydrogen-bond donors (Lipinski definition) is 1. The molecule has 1 rings (SSSR count). The number of rotatable bonds is 3. The minimum Gasteiger partial charge on any atom is -0.316 e. The molecule has 0 aromatic heterocycles. The van der Waals surface area contributed by atoms with E-state index in [0.29, 0.717) is 17.6 Å². The molecule has 1 saturated heterocycles. The normalized spacial score (nSPS) is 24.9.